The van der Waals surface area contributed by atoms with E-state index in [0.717, 1.165) is 5.75 Å². The van der Waals surface area contributed by atoms with Crippen molar-refractivity contribution in [2.45, 2.75) is 20.5 Å². The lowest BCUT2D eigenvalue weighted by atomic mass is 10.1. The molecule has 2 heterocycles. The SMILES string of the molecule is Cc1c(-c2ccc(OCc3ccccc3)cc2)[nH]c2ccccc12.Cc1c[nH]c2ccccc12. The van der Waals surface area contributed by atoms with Crippen molar-refractivity contribution in [1.29, 1.82) is 0 Å². The Morgan fingerprint density at radius 2 is 1.29 bits per heavy atom. The first kappa shape index (κ1) is 21.6. The molecule has 0 spiro atoms. The van der Waals surface area contributed by atoms with Crippen LogP contribution in [0.3, 0.4) is 0 Å². The maximum absolute atomic E-state index is 5.86. The Balaban J connectivity index is 0.000000200. The summed E-state index contributed by atoms with van der Waals surface area (Å²) in [4.78, 5) is 6.70. The lowest BCUT2D eigenvalue weighted by molar-refractivity contribution is 0.306. The molecule has 0 aliphatic heterocycles. The number of para-hydroxylation sites is 2. The number of benzene rings is 4. The number of aryl methyl sites for hydroxylation is 2. The molecule has 0 unspecified atom stereocenters. The number of hydrogen-bond donors (Lipinski definition) is 2. The molecule has 0 aliphatic rings. The summed E-state index contributed by atoms with van der Waals surface area (Å²) in [6.07, 6.45) is 2.03. The number of H-pyrrole nitrogens is 2. The van der Waals surface area contributed by atoms with Gasteiger partial charge in [-0.05, 0) is 72.5 Å². The van der Waals surface area contributed by atoms with Crippen LogP contribution in [0.4, 0.5) is 0 Å². The number of aromatic amines is 2. The van der Waals surface area contributed by atoms with Gasteiger partial charge in [-0.3, -0.25) is 0 Å². The van der Waals surface area contributed by atoms with Crippen LogP contribution in [0.5, 0.6) is 5.75 Å². The van der Waals surface area contributed by atoms with Crippen molar-refractivity contribution in [2.75, 3.05) is 0 Å². The lowest BCUT2D eigenvalue weighted by Crippen LogP contribution is -1.94. The molecule has 0 saturated carbocycles. The molecule has 3 heteroatoms. The second-order valence-electron chi connectivity index (χ2n) is 8.49. The van der Waals surface area contributed by atoms with Gasteiger partial charge in [0.2, 0.25) is 0 Å². The Kier molecular flexibility index (Phi) is 6.17. The fraction of sp³-hybridized carbons (Fsp3) is 0.0968. The molecule has 0 atom stereocenters. The summed E-state index contributed by atoms with van der Waals surface area (Å²) in [6.45, 7) is 4.86. The highest BCUT2D eigenvalue weighted by atomic mass is 16.5. The van der Waals surface area contributed by atoms with Crippen LogP contribution in [-0.2, 0) is 6.61 Å². The second kappa shape index (κ2) is 9.72. The van der Waals surface area contributed by atoms with Gasteiger partial charge >= 0.3 is 0 Å². The van der Waals surface area contributed by atoms with Gasteiger partial charge in [-0.25, -0.2) is 0 Å². The Hall–Kier alpha value is -4.24. The van der Waals surface area contributed by atoms with Gasteiger partial charge in [0.05, 0.1) is 0 Å². The van der Waals surface area contributed by atoms with E-state index < -0.39 is 0 Å². The van der Waals surface area contributed by atoms with Gasteiger partial charge in [0.1, 0.15) is 12.4 Å². The maximum Gasteiger partial charge on any atom is 0.119 e. The summed E-state index contributed by atoms with van der Waals surface area (Å²) in [7, 11) is 0. The molecule has 0 radical (unpaired) electrons. The van der Waals surface area contributed by atoms with E-state index in [4.69, 9.17) is 4.74 Å². The van der Waals surface area contributed by atoms with Crippen molar-refractivity contribution in [3.05, 3.63) is 126 Å². The smallest absolute Gasteiger partial charge is 0.119 e. The fourth-order valence-electron chi connectivity index (χ4n) is 4.25. The van der Waals surface area contributed by atoms with E-state index in [2.05, 4.69) is 90.5 Å². The van der Waals surface area contributed by atoms with Crippen LogP contribution in [0, 0.1) is 13.8 Å². The van der Waals surface area contributed by atoms with E-state index in [0.29, 0.717) is 6.61 Å². The number of ether oxygens (including phenoxy) is 1. The first-order chi connectivity index (χ1) is 16.7. The molecule has 34 heavy (non-hydrogen) atoms. The zero-order chi connectivity index (χ0) is 23.3. The van der Waals surface area contributed by atoms with Crippen molar-refractivity contribution in [3.63, 3.8) is 0 Å². The minimum atomic E-state index is 0.589. The molecule has 2 N–H and O–H groups in total. The average molecular weight is 445 g/mol. The molecule has 0 saturated heterocycles. The summed E-state index contributed by atoms with van der Waals surface area (Å²) < 4.78 is 5.86. The van der Waals surface area contributed by atoms with E-state index in [1.807, 2.05) is 42.6 Å². The minimum absolute atomic E-state index is 0.589. The maximum atomic E-state index is 5.86. The van der Waals surface area contributed by atoms with Crippen molar-refractivity contribution in [2.24, 2.45) is 0 Å². The zero-order valence-corrected chi connectivity index (χ0v) is 19.5. The topological polar surface area (TPSA) is 40.8 Å². The molecular weight excluding hydrogens is 416 g/mol. The Morgan fingerprint density at radius 3 is 2.00 bits per heavy atom. The third-order valence-corrected chi connectivity index (χ3v) is 6.15. The molecule has 2 aromatic heterocycles. The molecule has 3 nitrogen and oxygen atoms in total. The minimum Gasteiger partial charge on any atom is -0.489 e. The molecular formula is C31H28N2O. The summed E-state index contributed by atoms with van der Waals surface area (Å²) in [5.74, 6) is 0.886. The number of rotatable bonds is 4. The molecule has 6 rings (SSSR count). The molecule has 0 amide bonds. The molecule has 0 bridgehead atoms. The van der Waals surface area contributed by atoms with Gasteiger partial charge in [0.15, 0.2) is 0 Å². The Labute approximate surface area is 200 Å². The second-order valence-corrected chi connectivity index (χ2v) is 8.49. The summed E-state index contributed by atoms with van der Waals surface area (Å²) >= 11 is 0. The van der Waals surface area contributed by atoms with Crippen molar-refractivity contribution >= 4 is 21.8 Å². The van der Waals surface area contributed by atoms with Crippen LogP contribution < -0.4 is 4.74 Å². The fourth-order valence-corrected chi connectivity index (χ4v) is 4.25. The Morgan fingerprint density at radius 1 is 0.647 bits per heavy atom. The first-order valence-electron chi connectivity index (χ1n) is 11.6. The third-order valence-electron chi connectivity index (χ3n) is 6.15. The molecule has 168 valence electrons. The predicted octanol–water partition coefficient (Wildman–Crippen LogP) is 8.20. The largest absolute Gasteiger partial charge is 0.489 e. The van der Waals surface area contributed by atoms with E-state index >= 15 is 0 Å². The van der Waals surface area contributed by atoms with Gasteiger partial charge in [0, 0.05) is 33.7 Å². The number of fused-ring (bicyclic) bond motifs is 2. The highest BCUT2D eigenvalue weighted by molar-refractivity contribution is 5.90. The van der Waals surface area contributed by atoms with Gasteiger partial charge < -0.3 is 14.7 Å². The van der Waals surface area contributed by atoms with Crippen LogP contribution in [0.25, 0.3) is 33.1 Å². The summed E-state index contributed by atoms with van der Waals surface area (Å²) in [5, 5.41) is 2.60. The molecule has 0 aliphatic carbocycles. The lowest BCUT2D eigenvalue weighted by Gasteiger charge is -2.07. The van der Waals surface area contributed by atoms with E-state index in [-0.39, 0.29) is 0 Å². The van der Waals surface area contributed by atoms with Crippen LogP contribution in [0.15, 0.2) is 109 Å². The van der Waals surface area contributed by atoms with E-state index in [1.54, 1.807) is 0 Å². The Bertz CT molecular complexity index is 1510. The normalized spacial score (nSPS) is 10.8. The quantitative estimate of drug-likeness (QED) is 0.283. The number of aromatic nitrogens is 2. The average Bonchev–Trinajstić information content (AvgIpc) is 3.44. The predicted molar refractivity (Wildman–Crippen MR) is 142 cm³/mol. The van der Waals surface area contributed by atoms with Crippen molar-refractivity contribution < 1.29 is 4.74 Å². The van der Waals surface area contributed by atoms with Crippen LogP contribution in [0.2, 0.25) is 0 Å². The van der Waals surface area contributed by atoms with Gasteiger partial charge in [-0.15, -0.1) is 0 Å². The van der Waals surface area contributed by atoms with Crippen molar-refractivity contribution in [3.8, 4) is 17.0 Å². The number of nitrogens with one attached hydrogen (secondary N) is 2. The van der Waals surface area contributed by atoms with E-state index in [9.17, 15) is 0 Å². The highest BCUT2D eigenvalue weighted by Gasteiger charge is 2.09. The molecule has 4 aromatic carbocycles. The summed E-state index contributed by atoms with van der Waals surface area (Å²) in [6, 6.07) is 35.2. The first-order valence-corrected chi connectivity index (χ1v) is 11.6. The monoisotopic (exact) mass is 444 g/mol. The molecule has 6 aromatic rings. The zero-order valence-electron chi connectivity index (χ0n) is 19.5. The number of hydrogen-bond acceptors (Lipinski definition) is 1. The van der Waals surface area contributed by atoms with Crippen LogP contribution >= 0.6 is 0 Å². The van der Waals surface area contributed by atoms with Gasteiger partial charge in [0.25, 0.3) is 0 Å². The standard InChI is InChI=1S/C22H19NO.C9H9N/c1-16-20-9-5-6-10-21(20)23-22(16)18-11-13-19(14-12-18)24-15-17-7-3-2-4-8-17;1-7-6-10-9-5-3-2-4-8(7)9/h2-14,23H,15H2,1H3;2-6,10H,1H3. The molecule has 0 fully saturated rings. The van der Waals surface area contributed by atoms with Crippen LogP contribution in [-0.4, -0.2) is 9.97 Å². The highest BCUT2D eigenvalue weighted by Crippen LogP contribution is 2.30. The van der Waals surface area contributed by atoms with Gasteiger partial charge in [-0.1, -0.05) is 66.7 Å². The van der Waals surface area contributed by atoms with E-state index in [1.165, 1.54) is 49.8 Å². The summed E-state index contributed by atoms with van der Waals surface area (Å²) in [5.41, 5.74) is 8.52. The van der Waals surface area contributed by atoms with Crippen LogP contribution in [0.1, 0.15) is 16.7 Å². The third kappa shape index (κ3) is 4.60. The van der Waals surface area contributed by atoms with Gasteiger partial charge in [-0.2, -0.15) is 0 Å². The van der Waals surface area contributed by atoms with Crippen molar-refractivity contribution in [1.82, 2.24) is 9.97 Å².